The van der Waals surface area contributed by atoms with Gasteiger partial charge in [-0.2, -0.15) is 0 Å². The van der Waals surface area contributed by atoms with Gasteiger partial charge in [-0.05, 0) is 37.7 Å². The van der Waals surface area contributed by atoms with Crippen LogP contribution in [-0.4, -0.2) is 30.0 Å². The Hall–Kier alpha value is -1.42. The second-order valence-electron chi connectivity index (χ2n) is 4.24. The van der Waals surface area contributed by atoms with Crippen LogP contribution in [0.1, 0.15) is 12.5 Å². The summed E-state index contributed by atoms with van der Waals surface area (Å²) in [5, 5.41) is 0.384. The molecule has 92 valence electrons. The van der Waals surface area contributed by atoms with E-state index in [0.29, 0.717) is 17.3 Å². The van der Waals surface area contributed by atoms with Crippen molar-refractivity contribution in [3.8, 4) is 0 Å². The van der Waals surface area contributed by atoms with Crippen molar-refractivity contribution < 1.29 is 8.78 Å². The molecule has 0 aliphatic carbocycles. The summed E-state index contributed by atoms with van der Waals surface area (Å²) in [7, 11) is 2.01. The Morgan fingerprint density at radius 1 is 1.29 bits per heavy atom. The molecule has 0 saturated heterocycles. The summed E-state index contributed by atoms with van der Waals surface area (Å²) in [6.45, 7) is 3.84. The third-order valence-corrected chi connectivity index (χ3v) is 3.12. The lowest BCUT2D eigenvalue weighted by molar-refractivity contribution is 0.358. The lowest BCUT2D eigenvalue weighted by Crippen LogP contribution is -2.20. The summed E-state index contributed by atoms with van der Waals surface area (Å²) in [6, 6.07) is 2.72. The number of fused-ring (bicyclic) bond motifs is 1. The highest BCUT2D eigenvalue weighted by Crippen LogP contribution is 2.24. The highest BCUT2D eigenvalue weighted by molar-refractivity contribution is 5.83. The van der Waals surface area contributed by atoms with Gasteiger partial charge < -0.3 is 9.88 Å². The minimum absolute atomic E-state index is 0.384. The van der Waals surface area contributed by atoms with Gasteiger partial charge in [0.15, 0.2) is 11.6 Å². The fraction of sp³-hybridized carbons (Fsp3) is 0.385. The first-order chi connectivity index (χ1) is 8.13. The van der Waals surface area contributed by atoms with Crippen molar-refractivity contribution in [2.75, 3.05) is 20.1 Å². The second-order valence-corrected chi connectivity index (χ2v) is 4.24. The molecule has 0 spiro atoms. The van der Waals surface area contributed by atoms with Crippen LogP contribution in [-0.2, 0) is 6.42 Å². The van der Waals surface area contributed by atoms with E-state index in [0.717, 1.165) is 24.7 Å². The van der Waals surface area contributed by atoms with E-state index < -0.39 is 11.6 Å². The molecule has 2 nitrogen and oxygen atoms in total. The van der Waals surface area contributed by atoms with Crippen LogP contribution >= 0.6 is 0 Å². The number of H-pyrrole nitrogens is 1. The predicted octanol–water partition coefficient (Wildman–Crippen LogP) is 2.94. The first-order valence-electron chi connectivity index (χ1n) is 5.76. The highest BCUT2D eigenvalue weighted by atomic mass is 19.2. The molecule has 0 aliphatic heterocycles. The monoisotopic (exact) mass is 238 g/mol. The van der Waals surface area contributed by atoms with Crippen molar-refractivity contribution in [2.24, 2.45) is 0 Å². The van der Waals surface area contributed by atoms with Gasteiger partial charge in [-0.15, -0.1) is 0 Å². The second kappa shape index (κ2) is 4.84. The molecule has 0 atom stereocenters. The van der Waals surface area contributed by atoms with E-state index in [1.807, 2.05) is 7.05 Å². The quantitative estimate of drug-likeness (QED) is 0.867. The molecule has 0 fully saturated rings. The molecule has 0 radical (unpaired) electrons. The maximum absolute atomic E-state index is 13.7. The number of aromatic nitrogens is 1. The molecular weight excluding hydrogens is 222 g/mol. The average Bonchev–Trinajstić information content (AvgIpc) is 2.74. The van der Waals surface area contributed by atoms with Crippen molar-refractivity contribution in [1.82, 2.24) is 9.88 Å². The Kier molecular flexibility index (Phi) is 3.43. The fourth-order valence-electron chi connectivity index (χ4n) is 1.89. The number of likely N-dealkylation sites (N-methyl/N-ethyl adjacent to an activating group) is 1. The normalized spacial score (nSPS) is 11.6. The molecule has 17 heavy (non-hydrogen) atoms. The number of nitrogens with zero attached hydrogens (tertiary/aromatic N) is 1. The molecule has 1 heterocycles. The van der Waals surface area contributed by atoms with Crippen molar-refractivity contribution >= 4 is 10.9 Å². The van der Waals surface area contributed by atoms with Gasteiger partial charge in [-0.3, -0.25) is 0 Å². The van der Waals surface area contributed by atoms with Gasteiger partial charge in [0.05, 0.1) is 0 Å². The van der Waals surface area contributed by atoms with Gasteiger partial charge in [-0.25, -0.2) is 8.78 Å². The van der Waals surface area contributed by atoms with Crippen molar-refractivity contribution in [3.63, 3.8) is 0 Å². The zero-order valence-corrected chi connectivity index (χ0v) is 10.1. The largest absolute Gasteiger partial charge is 0.361 e. The number of rotatable bonds is 4. The molecule has 2 rings (SSSR count). The molecular formula is C13H16F2N2. The van der Waals surface area contributed by atoms with Gasteiger partial charge in [0.1, 0.15) is 0 Å². The van der Waals surface area contributed by atoms with Gasteiger partial charge in [0.25, 0.3) is 0 Å². The zero-order valence-electron chi connectivity index (χ0n) is 10.1. The van der Waals surface area contributed by atoms with E-state index in [1.54, 1.807) is 12.3 Å². The summed E-state index contributed by atoms with van der Waals surface area (Å²) in [4.78, 5) is 5.11. The van der Waals surface area contributed by atoms with Crippen LogP contribution in [0.4, 0.5) is 8.78 Å². The molecule has 4 heteroatoms. The first kappa shape index (κ1) is 12.0. The fourth-order valence-corrected chi connectivity index (χ4v) is 1.89. The van der Waals surface area contributed by atoms with Crippen LogP contribution in [0.15, 0.2) is 18.3 Å². The van der Waals surface area contributed by atoms with E-state index in [4.69, 9.17) is 0 Å². The van der Waals surface area contributed by atoms with Gasteiger partial charge >= 0.3 is 0 Å². The lowest BCUT2D eigenvalue weighted by atomic mass is 10.1. The lowest BCUT2D eigenvalue weighted by Gasteiger charge is -2.12. The number of aromatic amines is 1. The average molecular weight is 238 g/mol. The van der Waals surface area contributed by atoms with Crippen molar-refractivity contribution in [2.45, 2.75) is 13.3 Å². The summed E-state index contributed by atoms with van der Waals surface area (Å²) < 4.78 is 26.9. The molecule has 0 aliphatic rings. The van der Waals surface area contributed by atoms with Crippen LogP contribution < -0.4 is 0 Å². The molecule has 0 bridgehead atoms. The third kappa shape index (κ3) is 2.31. The summed E-state index contributed by atoms with van der Waals surface area (Å²) in [5.41, 5.74) is 1.48. The Labute approximate surface area is 99.2 Å². The third-order valence-electron chi connectivity index (χ3n) is 3.12. The van der Waals surface area contributed by atoms with E-state index in [-0.39, 0.29) is 0 Å². The number of nitrogens with one attached hydrogen (secondary N) is 1. The Balaban J connectivity index is 2.32. The SMILES string of the molecule is CCN(C)CCc1c[nH]c2ccc(F)c(F)c12. The number of hydrogen-bond donors (Lipinski definition) is 1. The molecule has 0 unspecified atom stereocenters. The molecule has 2 aromatic rings. The van der Waals surface area contributed by atoms with Crippen molar-refractivity contribution in [1.29, 1.82) is 0 Å². The van der Waals surface area contributed by atoms with E-state index >= 15 is 0 Å². The number of hydrogen-bond acceptors (Lipinski definition) is 1. The maximum atomic E-state index is 13.7. The van der Waals surface area contributed by atoms with E-state index in [9.17, 15) is 8.78 Å². The van der Waals surface area contributed by atoms with E-state index in [1.165, 1.54) is 0 Å². The summed E-state index contributed by atoms with van der Waals surface area (Å²) in [5.74, 6) is -1.54. The van der Waals surface area contributed by atoms with Crippen LogP contribution in [0.5, 0.6) is 0 Å². The standard InChI is InChI=1S/C13H16F2N2/c1-3-17(2)7-6-9-8-16-11-5-4-10(14)13(15)12(9)11/h4-5,8,16H,3,6-7H2,1-2H3. The van der Waals surface area contributed by atoms with Gasteiger partial charge in [0.2, 0.25) is 0 Å². The minimum atomic E-state index is -0.790. The summed E-state index contributed by atoms with van der Waals surface area (Å²) >= 11 is 0. The topological polar surface area (TPSA) is 19.0 Å². The first-order valence-corrected chi connectivity index (χ1v) is 5.76. The van der Waals surface area contributed by atoms with E-state index in [2.05, 4.69) is 16.8 Å². The molecule has 0 saturated carbocycles. The Morgan fingerprint density at radius 3 is 2.76 bits per heavy atom. The minimum Gasteiger partial charge on any atom is -0.361 e. The Morgan fingerprint density at radius 2 is 2.06 bits per heavy atom. The molecule has 1 aromatic carbocycles. The van der Waals surface area contributed by atoms with Crippen LogP contribution in [0.2, 0.25) is 0 Å². The number of halogens is 2. The molecule has 1 N–H and O–H groups in total. The van der Waals surface area contributed by atoms with Crippen LogP contribution in [0.25, 0.3) is 10.9 Å². The maximum Gasteiger partial charge on any atom is 0.168 e. The van der Waals surface area contributed by atoms with Crippen molar-refractivity contribution in [3.05, 3.63) is 35.5 Å². The van der Waals surface area contributed by atoms with Gasteiger partial charge in [-0.1, -0.05) is 6.92 Å². The van der Waals surface area contributed by atoms with Gasteiger partial charge in [0, 0.05) is 23.6 Å². The molecule has 0 amide bonds. The van der Waals surface area contributed by atoms with Crippen LogP contribution in [0, 0.1) is 11.6 Å². The smallest absolute Gasteiger partial charge is 0.168 e. The Bertz CT molecular complexity index is 519. The molecule has 1 aromatic heterocycles. The predicted molar refractivity (Wildman–Crippen MR) is 65.1 cm³/mol. The van der Waals surface area contributed by atoms with Crippen LogP contribution in [0.3, 0.4) is 0 Å². The number of benzene rings is 1. The highest BCUT2D eigenvalue weighted by Gasteiger charge is 2.12. The zero-order chi connectivity index (χ0) is 12.4. The summed E-state index contributed by atoms with van der Waals surface area (Å²) in [6.07, 6.45) is 2.47.